The Hall–Kier alpha value is -2.34. The molecule has 1 aromatic carbocycles. The van der Waals surface area contributed by atoms with Crippen molar-refractivity contribution in [2.45, 2.75) is 50.9 Å². The molecule has 4 aliphatic carbocycles. The first-order valence-electron chi connectivity index (χ1n) is 10.9. The van der Waals surface area contributed by atoms with E-state index in [1.807, 2.05) is 35.7 Å². The zero-order valence-corrected chi connectivity index (χ0v) is 18.1. The molecule has 156 valence electrons. The molecular weight excluding hydrogens is 398 g/mol. The number of hydrogen-bond donors (Lipinski definition) is 1. The topological polar surface area (TPSA) is 64.3 Å². The molecule has 30 heavy (non-hydrogen) atoms. The molecule has 7 rings (SSSR count). The summed E-state index contributed by atoms with van der Waals surface area (Å²) in [5.41, 5.74) is 1.83. The third kappa shape index (κ3) is 2.88. The smallest absolute Gasteiger partial charge is 0.254 e. The second-order valence-corrected chi connectivity index (χ2v) is 10.0. The van der Waals surface area contributed by atoms with Crippen LogP contribution in [0.15, 0.2) is 24.3 Å². The number of benzene rings is 1. The van der Waals surface area contributed by atoms with Gasteiger partial charge in [0.05, 0.1) is 12.8 Å². The standard InChI is InChI=1S/C23H26ClN5O/c1-13-5-20(26-18-9-17(24)3-4-19(18)30-2)29-22(25-13)27-21(28-29)23-10-14-6-15(11-23)8-16(7-14)12-23/h3-5,9,14-16,26H,6-8,10-12H2,1-2H3. The summed E-state index contributed by atoms with van der Waals surface area (Å²) in [6.45, 7) is 1.99. The zero-order valence-electron chi connectivity index (χ0n) is 17.4. The van der Waals surface area contributed by atoms with Crippen LogP contribution >= 0.6 is 11.6 Å². The highest BCUT2D eigenvalue weighted by Crippen LogP contribution is 2.60. The van der Waals surface area contributed by atoms with E-state index in [1.165, 1.54) is 38.5 Å². The molecule has 2 heterocycles. The molecule has 0 radical (unpaired) electrons. The summed E-state index contributed by atoms with van der Waals surface area (Å²) in [5, 5.41) is 9.12. The Kier molecular flexibility index (Phi) is 4.04. The van der Waals surface area contributed by atoms with Crippen LogP contribution in [0.4, 0.5) is 11.5 Å². The van der Waals surface area contributed by atoms with E-state index in [0.29, 0.717) is 10.8 Å². The van der Waals surface area contributed by atoms with Gasteiger partial charge in [0.25, 0.3) is 5.78 Å². The molecule has 7 heteroatoms. The number of nitrogens with zero attached hydrogens (tertiary/aromatic N) is 4. The van der Waals surface area contributed by atoms with Crippen molar-refractivity contribution in [1.29, 1.82) is 0 Å². The Morgan fingerprint density at radius 1 is 1.07 bits per heavy atom. The van der Waals surface area contributed by atoms with E-state index in [0.717, 1.165) is 46.5 Å². The minimum Gasteiger partial charge on any atom is -0.495 e. The number of aryl methyl sites for hydroxylation is 1. The summed E-state index contributed by atoms with van der Waals surface area (Å²) in [5.74, 6) is 5.75. The Labute approximate surface area is 181 Å². The lowest BCUT2D eigenvalue weighted by atomic mass is 9.49. The molecule has 4 aliphatic rings. The second-order valence-electron chi connectivity index (χ2n) is 9.60. The van der Waals surface area contributed by atoms with Crippen LogP contribution in [0.1, 0.15) is 50.0 Å². The normalized spacial score (nSPS) is 29.5. The number of rotatable bonds is 4. The van der Waals surface area contributed by atoms with Gasteiger partial charge in [-0.2, -0.15) is 9.50 Å². The first-order chi connectivity index (χ1) is 14.5. The lowest BCUT2D eigenvalue weighted by Crippen LogP contribution is -2.49. The maximum absolute atomic E-state index is 6.23. The molecule has 0 spiro atoms. The monoisotopic (exact) mass is 423 g/mol. The average Bonchev–Trinajstić information content (AvgIpc) is 3.12. The number of aromatic nitrogens is 4. The van der Waals surface area contributed by atoms with Crippen molar-refractivity contribution in [3.8, 4) is 5.75 Å². The molecule has 0 unspecified atom stereocenters. The van der Waals surface area contributed by atoms with E-state index >= 15 is 0 Å². The number of hydrogen-bond acceptors (Lipinski definition) is 5. The first-order valence-corrected chi connectivity index (χ1v) is 11.2. The fourth-order valence-electron chi connectivity index (χ4n) is 6.60. The summed E-state index contributed by atoms with van der Waals surface area (Å²) in [6.07, 6.45) is 7.93. The average molecular weight is 424 g/mol. The van der Waals surface area contributed by atoms with Gasteiger partial charge in [-0.05, 0) is 81.4 Å². The lowest BCUT2D eigenvalue weighted by Gasteiger charge is -2.55. The van der Waals surface area contributed by atoms with Gasteiger partial charge < -0.3 is 10.1 Å². The van der Waals surface area contributed by atoms with Gasteiger partial charge in [0.1, 0.15) is 11.6 Å². The predicted octanol–water partition coefficient (Wildman–Crippen LogP) is 5.31. The maximum Gasteiger partial charge on any atom is 0.254 e. The highest BCUT2D eigenvalue weighted by Gasteiger charge is 2.53. The van der Waals surface area contributed by atoms with Crippen LogP contribution < -0.4 is 10.1 Å². The van der Waals surface area contributed by atoms with Gasteiger partial charge >= 0.3 is 0 Å². The molecule has 4 saturated carbocycles. The number of anilines is 2. The highest BCUT2D eigenvalue weighted by molar-refractivity contribution is 6.31. The van der Waals surface area contributed by atoms with Crippen molar-refractivity contribution in [2.75, 3.05) is 12.4 Å². The fraction of sp³-hybridized carbons (Fsp3) is 0.522. The summed E-state index contributed by atoms with van der Waals surface area (Å²) in [4.78, 5) is 9.65. The molecule has 4 bridgehead atoms. The molecular formula is C23H26ClN5O. The van der Waals surface area contributed by atoms with Crippen LogP contribution in [0.2, 0.25) is 5.02 Å². The molecule has 6 nitrogen and oxygen atoms in total. The quantitative estimate of drug-likeness (QED) is 0.616. The van der Waals surface area contributed by atoms with E-state index in [9.17, 15) is 0 Å². The first kappa shape index (κ1) is 18.4. The third-order valence-electron chi connectivity index (χ3n) is 7.38. The minimum atomic E-state index is 0.140. The molecule has 0 saturated heterocycles. The summed E-state index contributed by atoms with van der Waals surface area (Å²) in [6, 6.07) is 7.53. The number of nitrogens with one attached hydrogen (secondary N) is 1. The van der Waals surface area contributed by atoms with Crippen molar-refractivity contribution in [3.05, 3.63) is 40.8 Å². The minimum absolute atomic E-state index is 0.140. The van der Waals surface area contributed by atoms with Crippen molar-refractivity contribution < 1.29 is 4.74 Å². The van der Waals surface area contributed by atoms with Gasteiger partial charge in [-0.25, -0.2) is 4.98 Å². The fourth-order valence-corrected chi connectivity index (χ4v) is 6.77. The molecule has 2 aromatic heterocycles. The van der Waals surface area contributed by atoms with Gasteiger partial charge in [0.15, 0.2) is 5.82 Å². The molecule has 4 fully saturated rings. The Balaban J connectivity index is 1.43. The van der Waals surface area contributed by atoms with Crippen LogP contribution in [0.25, 0.3) is 5.78 Å². The van der Waals surface area contributed by atoms with Crippen LogP contribution in [0.3, 0.4) is 0 Å². The van der Waals surface area contributed by atoms with Gasteiger partial charge in [-0.15, -0.1) is 5.10 Å². The van der Waals surface area contributed by atoms with Crippen molar-refractivity contribution in [1.82, 2.24) is 19.6 Å². The Bertz CT molecular complexity index is 1100. The number of halogens is 1. The Morgan fingerprint density at radius 2 is 1.77 bits per heavy atom. The van der Waals surface area contributed by atoms with Crippen LogP contribution in [0.5, 0.6) is 5.75 Å². The molecule has 3 aromatic rings. The summed E-state index contributed by atoms with van der Waals surface area (Å²) < 4.78 is 7.35. The molecule has 0 amide bonds. The van der Waals surface area contributed by atoms with Crippen LogP contribution in [0, 0.1) is 24.7 Å². The SMILES string of the molecule is COc1ccc(Cl)cc1Nc1cc(C)nc2nc(C34CC5CC(CC(C5)C3)C4)nn12. The lowest BCUT2D eigenvalue weighted by molar-refractivity contribution is -0.00925. The third-order valence-corrected chi connectivity index (χ3v) is 7.61. The summed E-state index contributed by atoms with van der Waals surface area (Å²) in [7, 11) is 1.66. The van der Waals surface area contributed by atoms with Crippen LogP contribution in [-0.4, -0.2) is 26.7 Å². The van der Waals surface area contributed by atoms with Crippen molar-refractivity contribution >= 4 is 28.9 Å². The zero-order chi connectivity index (χ0) is 20.5. The van der Waals surface area contributed by atoms with Gasteiger partial charge in [-0.1, -0.05) is 11.6 Å². The predicted molar refractivity (Wildman–Crippen MR) is 117 cm³/mol. The van der Waals surface area contributed by atoms with E-state index in [1.54, 1.807) is 7.11 Å². The van der Waals surface area contributed by atoms with Gasteiger partial charge in [-0.3, -0.25) is 0 Å². The molecule has 0 atom stereocenters. The molecule has 0 aliphatic heterocycles. The van der Waals surface area contributed by atoms with E-state index in [4.69, 9.17) is 26.4 Å². The highest BCUT2D eigenvalue weighted by atomic mass is 35.5. The number of methoxy groups -OCH3 is 1. The van der Waals surface area contributed by atoms with Gasteiger partial charge in [0.2, 0.25) is 0 Å². The van der Waals surface area contributed by atoms with Gasteiger partial charge in [0, 0.05) is 22.2 Å². The molecule has 1 N–H and O–H groups in total. The summed E-state index contributed by atoms with van der Waals surface area (Å²) >= 11 is 6.23. The van der Waals surface area contributed by atoms with E-state index < -0.39 is 0 Å². The maximum atomic E-state index is 6.23. The van der Waals surface area contributed by atoms with Crippen LogP contribution in [-0.2, 0) is 5.41 Å². The second kappa shape index (κ2) is 6.58. The van der Waals surface area contributed by atoms with E-state index in [2.05, 4.69) is 10.3 Å². The van der Waals surface area contributed by atoms with Crippen molar-refractivity contribution in [3.63, 3.8) is 0 Å². The Morgan fingerprint density at radius 3 is 2.43 bits per heavy atom. The number of ether oxygens (including phenoxy) is 1. The largest absolute Gasteiger partial charge is 0.495 e. The van der Waals surface area contributed by atoms with E-state index in [-0.39, 0.29) is 5.41 Å². The number of fused-ring (bicyclic) bond motifs is 1. The van der Waals surface area contributed by atoms with Crippen molar-refractivity contribution in [2.24, 2.45) is 17.8 Å².